The average molecular weight is 245 g/mol. The molecule has 0 aliphatic carbocycles. The van der Waals surface area contributed by atoms with Crippen LogP contribution in [0.5, 0.6) is 5.75 Å². The van der Waals surface area contributed by atoms with Crippen molar-refractivity contribution in [1.82, 2.24) is 5.32 Å². The molecule has 5 N–H and O–H groups in total. The van der Waals surface area contributed by atoms with Crippen LogP contribution in [0.15, 0.2) is 12.1 Å². The standard InChI is InChI=1S/C11H17F2N3O/c1-17-11-3-9(12)7(2-10(11)13)5-16-6-8(15)4-14/h2-3,8,16H,4-6,14-15H2,1H3. The van der Waals surface area contributed by atoms with Crippen LogP contribution < -0.4 is 21.5 Å². The van der Waals surface area contributed by atoms with Gasteiger partial charge in [-0.1, -0.05) is 0 Å². The SMILES string of the molecule is COc1cc(F)c(CNCC(N)CN)cc1F. The van der Waals surface area contributed by atoms with Crippen molar-refractivity contribution in [1.29, 1.82) is 0 Å². The Morgan fingerprint density at radius 2 is 2.06 bits per heavy atom. The Labute approximate surface area is 98.9 Å². The fraction of sp³-hybridized carbons (Fsp3) is 0.455. The predicted molar refractivity (Wildman–Crippen MR) is 61.6 cm³/mol. The van der Waals surface area contributed by atoms with Gasteiger partial charge in [0, 0.05) is 37.3 Å². The summed E-state index contributed by atoms with van der Waals surface area (Å²) in [6, 6.07) is 1.94. The van der Waals surface area contributed by atoms with E-state index in [9.17, 15) is 8.78 Å². The molecule has 4 nitrogen and oxygen atoms in total. The van der Waals surface area contributed by atoms with Crippen LogP contribution in [-0.4, -0.2) is 26.2 Å². The quantitative estimate of drug-likeness (QED) is 0.676. The number of nitrogens with one attached hydrogen (secondary N) is 1. The highest BCUT2D eigenvalue weighted by molar-refractivity contribution is 5.30. The van der Waals surface area contributed by atoms with Crippen LogP contribution in [0.4, 0.5) is 8.78 Å². The molecule has 0 fully saturated rings. The molecule has 1 unspecified atom stereocenters. The molecule has 0 aliphatic heterocycles. The molecule has 1 aromatic carbocycles. The molecule has 17 heavy (non-hydrogen) atoms. The third-order valence-electron chi connectivity index (χ3n) is 2.35. The Morgan fingerprint density at radius 1 is 1.35 bits per heavy atom. The van der Waals surface area contributed by atoms with Crippen molar-refractivity contribution in [2.24, 2.45) is 11.5 Å². The number of hydrogen-bond donors (Lipinski definition) is 3. The van der Waals surface area contributed by atoms with Gasteiger partial charge in [-0.25, -0.2) is 8.78 Å². The average Bonchev–Trinajstić information content (AvgIpc) is 2.32. The topological polar surface area (TPSA) is 73.3 Å². The van der Waals surface area contributed by atoms with Gasteiger partial charge in [-0.15, -0.1) is 0 Å². The van der Waals surface area contributed by atoms with Gasteiger partial charge in [-0.3, -0.25) is 0 Å². The van der Waals surface area contributed by atoms with Crippen molar-refractivity contribution in [3.05, 3.63) is 29.3 Å². The molecule has 6 heteroatoms. The Morgan fingerprint density at radius 3 is 2.65 bits per heavy atom. The molecule has 0 radical (unpaired) electrons. The summed E-state index contributed by atoms with van der Waals surface area (Å²) < 4.78 is 31.5. The first-order valence-corrected chi connectivity index (χ1v) is 5.26. The molecule has 0 aliphatic rings. The molecular formula is C11H17F2N3O. The van der Waals surface area contributed by atoms with E-state index < -0.39 is 11.6 Å². The van der Waals surface area contributed by atoms with Gasteiger partial charge in [0.2, 0.25) is 0 Å². The van der Waals surface area contributed by atoms with Crippen molar-refractivity contribution in [3.63, 3.8) is 0 Å². The Balaban J connectivity index is 2.62. The van der Waals surface area contributed by atoms with E-state index in [0.717, 1.165) is 12.1 Å². The second-order valence-electron chi connectivity index (χ2n) is 3.70. The van der Waals surface area contributed by atoms with E-state index in [0.29, 0.717) is 13.1 Å². The smallest absolute Gasteiger partial charge is 0.165 e. The molecule has 0 saturated heterocycles. The normalized spacial score (nSPS) is 12.5. The maximum atomic E-state index is 13.5. The molecule has 0 saturated carbocycles. The van der Waals surface area contributed by atoms with Crippen molar-refractivity contribution >= 4 is 0 Å². The van der Waals surface area contributed by atoms with Gasteiger partial charge in [0.25, 0.3) is 0 Å². The number of hydrogen-bond acceptors (Lipinski definition) is 4. The van der Waals surface area contributed by atoms with E-state index >= 15 is 0 Å². The van der Waals surface area contributed by atoms with Crippen LogP contribution in [0.3, 0.4) is 0 Å². The fourth-order valence-electron chi connectivity index (χ4n) is 1.34. The minimum Gasteiger partial charge on any atom is -0.494 e. The second-order valence-corrected chi connectivity index (χ2v) is 3.70. The lowest BCUT2D eigenvalue weighted by molar-refractivity contribution is 0.381. The summed E-state index contributed by atoms with van der Waals surface area (Å²) in [4.78, 5) is 0. The van der Waals surface area contributed by atoms with Crippen LogP contribution >= 0.6 is 0 Å². The van der Waals surface area contributed by atoms with E-state index in [4.69, 9.17) is 11.5 Å². The molecular weight excluding hydrogens is 228 g/mol. The molecule has 1 atom stereocenters. The van der Waals surface area contributed by atoms with E-state index in [2.05, 4.69) is 10.1 Å². The van der Waals surface area contributed by atoms with E-state index in [1.54, 1.807) is 0 Å². The largest absolute Gasteiger partial charge is 0.494 e. The molecule has 0 amide bonds. The number of nitrogens with two attached hydrogens (primary N) is 2. The lowest BCUT2D eigenvalue weighted by Crippen LogP contribution is -2.39. The maximum Gasteiger partial charge on any atom is 0.165 e. The number of rotatable bonds is 6. The van der Waals surface area contributed by atoms with Gasteiger partial charge in [0.05, 0.1) is 7.11 Å². The van der Waals surface area contributed by atoms with Gasteiger partial charge >= 0.3 is 0 Å². The number of ether oxygens (including phenoxy) is 1. The number of halogens is 2. The molecule has 0 heterocycles. The Kier molecular flexibility index (Phi) is 5.27. The van der Waals surface area contributed by atoms with Gasteiger partial charge < -0.3 is 21.5 Å². The van der Waals surface area contributed by atoms with Crippen LogP contribution in [0, 0.1) is 11.6 Å². The number of benzene rings is 1. The lowest BCUT2D eigenvalue weighted by Gasteiger charge is -2.11. The van der Waals surface area contributed by atoms with Gasteiger partial charge in [0.15, 0.2) is 11.6 Å². The van der Waals surface area contributed by atoms with Gasteiger partial charge in [-0.05, 0) is 6.07 Å². The van der Waals surface area contributed by atoms with Crippen molar-refractivity contribution in [2.75, 3.05) is 20.2 Å². The molecule has 1 rings (SSSR count). The fourth-order valence-corrected chi connectivity index (χ4v) is 1.34. The van der Waals surface area contributed by atoms with Gasteiger partial charge in [0.1, 0.15) is 5.82 Å². The van der Waals surface area contributed by atoms with Crippen LogP contribution in [-0.2, 0) is 6.54 Å². The summed E-state index contributed by atoms with van der Waals surface area (Å²) in [6.45, 7) is 0.983. The summed E-state index contributed by atoms with van der Waals surface area (Å²) >= 11 is 0. The first kappa shape index (κ1) is 13.8. The highest BCUT2D eigenvalue weighted by Gasteiger charge is 2.10. The minimum atomic E-state index is -0.589. The number of methoxy groups -OCH3 is 1. The zero-order valence-electron chi connectivity index (χ0n) is 9.67. The summed E-state index contributed by atoms with van der Waals surface area (Å²) in [5, 5.41) is 2.91. The van der Waals surface area contributed by atoms with Crippen molar-refractivity contribution < 1.29 is 13.5 Å². The summed E-state index contributed by atoms with van der Waals surface area (Å²) in [6.07, 6.45) is 0. The molecule has 0 aromatic heterocycles. The van der Waals surface area contributed by atoms with Crippen molar-refractivity contribution in [2.45, 2.75) is 12.6 Å². The third kappa shape index (κ3) is 3.92. The summed E-state index contributed by atoms with van der Waals surface area (Å²) in [5.74, 6) is -1.21. The molecule has 0 bridgehead atoms. The summed E-state index contributed by atoms with van der Waals surface area (Å²) in [7, 11) is 1.29. The van der Waals surface area contributed by atoms with Crippen LogP contribution in [0.1, 0.15) is 5.56 Å². The monoisotopic (exact) mass is 245 g/mol. The first-order chi connectivity index (χ1) is 8.08. The maximum absolute atomic E-state index is 13.5. The Hall–Kier alpha value is -1.24. The van der Waals surface area contributed by atoms with Crippen LogP contribution in [0.2, 0.25) is 0 Å². The summed E-state index contributed by atoms with van der Waals surface area (Å²) in [5.41, 5.74) is 11.1. The van der Waals surface area contributed by atoms with E-state index in [1.165, 1.54) is 7.11 Å². The lowest BCUT2D eigenvalue weighted by atomic mass is 10.2. The minimum absolute atomic E-state index is 0.107. The molecule has 96 valence electrons. The van der Waals surface area contributed by atoms with Gasteiger partial charge in [-0.2, -0.15) is 0 Å². The first-order valence-electron chi connectivity index (χ1n) is 5.26. The second kappa shape index (κ2) is 6.48. The van der Waals surface area contributed by atoms with E-state index in [1.807, 2.05) is 0 Å². The Bertz CT molecular complexity index is 374. The third-order valence-corrected chi connectivity index (χ3v) is 2.35. The molecule has 1 aromatic rings. The van der Waals surface area contributed by atoms with E-state index in [-0.39, 0.29) is 23.9 Å². The van der Waals surface area contributed by atoms with Crippen LogP contribution in [0.25, 0.3) is 0 Å². The zero-order chi connectivity index (χ0) is 12.8. The zero-order valence-corrected chi connectivity index (χ0v) is 9.67. The molecule has 0 spiro atoms. The highest BCUT2D eigenvalue weighted by atomic mass is 19.1. The van der Waals surface area contributed by atoms with Crippen molar-refractivity contribution in [3.8, 4) is 5.75 Å². The predicted octanol–water partition coefficient (Wildman–Crippen LogP) is 0.349. The highest BCUT2D eigenvalue weighted by Crippen LogP contribution is 2.20.